The molecule has 2 unspecified atom stereocenters. The first-order valence-corrected chi connectivity index (χ1v) is 40.1. The largest absolute Gasteiger partial charge is 0.496 e. The fourth-order valence-electron chi connectivity index (χ4n) is 12.8. The number of aliphatic hydroxyl groups is 2. The van der Waals surface area contributed by atoms with Gasteiger partial charge in [-0.2, -0.15) is 15.3 Å². The van der Waals surface area contributed by atoms with Crippen molar-refractivity contribution in [2.75, 3.05) is 77.6 Å². The van der Waals surface area contributed by atoms with Crippen LogP contribution >= 0.6 is 39.1 Å². The van der Waals surface area contributed by atoms with Crippen LogP contribution in [0.1, 0.15) is 130 Å². The van der Waals surface area contributed by atoms with E-state index in [1.54, 1.807) is 152 Å². The van der Waals surface area contributed by atoms with Crippen LogP contribution in [0.25, 0.3) is 22.5 Å². The van der Waals surface area contributed by atoms with Gasteiger partial charge in [0.15, 0.2) is 5.78 Å². The summed E-state index contributed by atoms with van der Waals surface area (Å²) in [5.74, 6) is 0.981. The summed E-state index contributed by atoms with van der Waals surface area (Å²) in [5, 5.41) is 44.4. The van der Waals surface area contributed by atoms with Gasteiger partial charge in [0.1, 0.15) is 112 Å². The number of aryl methyl sites for hydroxylation is 1. The summed E-state index contributed by atoms with van der Waals surface area (Å²) in [6.07, 6.45) is 13.0. The molecule has 14 rings (SSSR count). The third kappa shape index (κ3) is 25.0. The average Bonchev–Trinajstić information content (AvgIpc) is 1.59. The number of carbonyl (C=O) groups is 5. The van der Waals surface area contributed by atoms with E-state index < -0.39 is 28.8 Å². The minimum atomic E-state index is -1.31. The number of rotatable bonds is 29. The van der Waals surface area contributed by atoms with Crippen LogP contribution < -0.4 is 38.9 Å². The predicted molar refractivity (Wildman–Crippen MR) is 459 cm³/mol. The van der Waals surface area contributed by atoms with Crippen LogP contribution in [0.2, 0.25) is 10.0 Å². The second kappa shape index (κ2) is 45.4. The maximum atomic E-state index is 13.8. The topological polar surface area (TPSA) is 382 Å². The number of aromatic nitrogens is 11. The summed E-state index contributed by atoms with van der Waals surface area (Å²) in [6.45, 7) is 3.50. The van der Waals surface area contributed by atoms with Gasteiger partial charge in [-0.05, 0) is 172 Å². The Labute approximate surface area is 732 Å². The Morgan fingerprint density at radius 2 is 0.798 bits per heavy atom. The van der Waals surface area contributed by atoms with Crippen molar-refractivity contribution in [1.29, 1.82) is 0 Å². The number of nitrogens with two attached hydrogens (primary N) is 1. The lowest BCUT2D eigenvalue weighted by molar-refractivity contribution is -0.00111. The molecular weight excluding hydrogens is 1710 g/mol. The Morgan fingerprint density at radius 3 is 1.15 bits per heavy atom. The van der Waals surface area contributed by atoms with Crippen LogP contribution in [0.4, 0.5) is 8.78 Å². The number of aromatic carboxylic acids is 1. The predicted octanol–water partition coefficient (Wildman–Crippen LogP) is 14.9. The highest BCUT2D eigenvalue weighted by Gasteiger charge is 2.47. The van der Waals surface area contributed by atoms with Gasteiger partial charge in [0.25, 0.3) is 0 Å². The third-order valence-electron chi connectivity index (χ3n) is 19.9. The molecule has 0 radical (unpaired) electrons. The molecule has 5 N–H and O–H groups in total. The first-order chi connectivity index (χ1) is 59.7. The molecule has 0 saturated heterocycles. The van der Waals surface area contributed by atoms with Crippen molar-refractivity contribution in [2.45, 2.75) is 81.6 Å². The summed E-state index contributed by atoms with van der Waals surface area (Å²) < 4.78 is 83.0. The molecule has 2 aliphatic rings. The van der Waals surface area contributed by atoms with Crippen molar-refractivity contribution in [3.05, 3.63) is 278 Å². The lowest BCUT2D eigenvalue weighted by atomic mass is 9.86. The molecule has 30 nitrogen and oxygen atoms in total. The number of ether oxygens (including phenoxy) is 10. The summed E-state index contributed by atoms with van der Waals surface area (Å²) in [6, 6.07) is 41.2. The van der Waals surface area contributed by atoms with Crippen LogP contribution in [-0.2, 0) is 50.4 Å². The number of hydrogen-bond acceptors (Lipinski definition) is 26. The van der Waals surface area contributed by atoms with Crippen molar-refractivity contribution in [2.24, 2.45) is 17.6 Å². The van der Waals surface area contributed by atoms with Crippen molar-refractivity contribution in [3.63, 3.8) is 0 Å². The Hall–Kier alpha value is -12.8. The molecule has 0 aliphatic heterocycles. The number of carboxylic acids is 1. The summed E-state index contributed by atoms with van der Waals surface area (Å²) in [4.78, 5) is 78.7. The molecular formula is C89H93BrCl2F2N12O18. The van der Waals surface area contributed by atoms with Gasteiger partial charge in [-0.1, -0.05) is 75.5 Å². The number of nitrogens with zero attached hydrogens (tertiary/aromatic N) is 11. The number of esters is 3. The van der Waals surface area contributed by atoms with E-state index in [2.05, 4.69) is 65.4 Å². The molecule has 5 aromatic heterocycles. The number of benzene rings is 7. The smallest absolute Gasteiger partial charge is 0.337 e. The molecule has 35 heteroatoms. The maximum absolute atomic E-state index is 13.8. The number of methoxy groups -OCH3 is 10. The zero-order chi connectivity index (χ0) is 89.8. The van der Waals surface area contributed by atoms with E-state index in [4.69, 9.17) is 72.2 Å². The minimum Gasteiger partial charge on any atom is -0.496 e. The SMILES string of the molecule is COC(=O)c1ccc(C)c(OC)c1.COC(=O)c1ccc(CBr)c(OC)c1.COC(=O)c1ccc(Cn2cncn2)c(OC)c1.COc1cc(C(=O)CCC(O)(c2ccc(OC)c(-c3ccc(F)c(Cl)c3)n2)C2CC2)ccc1Cn1cncn1.COc1cc(C(=O)O)ccc1Cn1cncn1.COc1ccc(C(O)(CN)C2CC2)nc1-c1ccc(F)c(Cl)c1. The highest BCUT2D eigenvalue weighted by atomic mass is 79.9. The Kier molecular flexibility index (Phi) is 34.8. The second-order valence-corrected chi connectivity index (χ2v) is 29.1. The van der Waals surface area contributed by atoms with Crippen molar-refractivity contribution < 1.29 is 95.4 Å². The number of alkyl halides is 1. The quantitative estimate of drug-likeness (QED) is 0.0146. The number of hydrogen-bond donors (Lipinski definition) is 4. The second-order valence-electron chi connectivity index (χ2n) is 27.8. The van der Waals surface area contributed by atoms with Gasteiger partial charge in [0.05, 0.1) is 134 Å². The number of carbonyl (C=O) groups excluding carboxylic acids is 4. The van der Waals surface area contributed by atoms with Gasteiger partial charge in [0.2, 0.25) is 0 Å². The molecule has 12 aromatic rings. The monoisotopic (exact) mass is 1800 g/mol. The third-order valence-corrected chi connectivity index (χ3v) is 21.1. The van der Waals surface area contributed by atoms with Crippen molar-refractivity contribution in [1.82, 2.24) is 54.3 Å². The van der Waals surface area contributed by atoms with Gasteiger partial charge in [-0.3, -0.25) is 4.79 Å². The van der Waals surface area contributed by atoms with E-state index in [0.29, 0.717) is 121 Å². The molecule has 2 fully saturated rings. The zero-order valence-electron chi connectivity index (χ0n) is 69.7. The molecule has 2 aliphatic carbocycles. The van der Waals surface area contributed by atoms with Gasteiger partial charge in [-0.15, -0.1) is 0 Å². The van der Waals surface area contributed by atoms with E-state index in [9.17, 15) is 43.0 Å². The van der Waals surface area contributed by atoms with Gasteiger partial charge < -0.3 is 68.4 Å². The Morgan fingerprint density at radius 1 is 0.452 bits per heavy atom. The van der Waals surface area contributed by atoms with E-state index in [1.807, 2.05) is 31.2 Å². The summed E-state index contributed by atoms with van der Waals surface area (Å²) >= 11 is 15.2. The number of halogens is 5. The van der Waals surface area contributed by atoms with E-state index in [0.717, 1.165) is 53.5 Å². The van der Waals surface area contributed by atoms with Crippen LogP contribution in [0, 0.1) is 30.4 Å². The van der Waals surface area contributed by atoms with Crippen LogP contribution in [0.5, 0.6) is 40.2 Å². The number of ketones is 1. The lowest BCUT2D eigenvalue weighted by Crippen LogP contribution is -2.38. The van der Waals surface area contributed by atoms with Crippen molar-refractivity contribution in [3.8, 4) is 62.8 Å². The van der Waals surface area contributed by atoms with E-state index in [1.165, 1.54) is 98.0 Å². The zero-order valence-corrected chi connectivity index (χ0v) is 72.8. The van der Waals surface area contributed by atoms with Crippen LogP contribution in [0.15, 0.2) is 190 Å². The standard InChI is InChI=1S/C29H28ClFN4O4.C17H18ClFN2O2.C12H13N3O3.C11H11N3O3.C10H11BrO3.C10H12O3/c1-38-25-9-10-27(34-28(25)19-5-8-23(31)22(30)13-19)29(37,21-6-7-21)12-11-24(36)18-3-4-20(26(14-18)39-2)15-35-17-32-16-33-35;1-23-14-6-7-15(17(22,9-20)11-3-4-11)21-16(14)10-2-5-13(19)12(18)8-10;1-17-11-5-9(12(16)18-2)3-4-10(11)6-15-8-13-7-14-15;1-17-10-4-8(11(15)16)2-3-9(10)5-14-7-12-6-13-14;1-13-9-5-7(10(12)14-2)3-4-8(9)6-11;1-7-4-5-8(10(11)13-3)6-9(7)12-2/h3-5,8-10,13-14,16-17,21,37H,6-7,11-12,15H2,1-2H3;2,5-8,11,22H,3-4,9,20H2,1H3;3-5,7-8H,6H2,1-2H3;2-4,6-7H,5H2,1H3,(H,15,16);3-5H,6H2,1-2H3;4-6H,1-3H3. The Bertz CT molecular complexity index is 5620. The molecule has 652 valence electrons. The van der Waals surface area contributed by atoms with E-state index in [-0.39, 0.29) is 70.5 Å². The fraction of sp³-hybridized carbons (Fsp3) is 0.292. The molecule has 2 saturated carbocycles. The van der Waals surface area contributed by atoms with Crippen LogP contribution in [0.3, 0.4) is 0 Å². The normalized spacial score (nSPS) is 12.7. The molecule has 0 bridgehead atoms. The average molecular weight is 1810 g/mol. The summed E-state index contributed by atoms with van der Waals surface area (Å²) in [5.41, 5.74) is 13.2. The lowest BCUT2D eigenvalue weighted by Gasteiger charge is -2.28. The molecule has 0 amide bonds. The number of Topliss-reactive ketones (excluding diaryl/α,β-unsaturated/α-hetero) is 1. The maximum Gasteiger partial charge on any atom is 0.337 e. The highest BCUT2D eigenvalue weighted by Crippen LogP contribution is 2.50. The van der Waals surface area contributed by atoms with Gasteiger partial charge in [0, 0.05) is 57.2 Å². The number of pyridine rings is 2. The van der Waals surface area contributed by atoms with Gasteiger partial charge >= 0.3 is 23.9 Å². The number of carboxylic acid groups (broad SMARTS) is 1. The molecule has 124 heavy (non-hydrogen) atoms. The minimum absolute atomic E-state index is 0.00744. The van der Waals surface area contributed by atoms with Crippen LogP contribution in [-0.4, -0.2) is 177 Å². The first kappa shape index (κ1) is 95.1. The summed E-state index contributed by atoms with van der Waals surface area (Å²) in [7, 11) is 14.9. The molecule has 2 atom stereocenters. The van der Waals surface area contributed by atoms with E-state index >= 15 is 0 Å². The first-order valence-electron chi connectivity index (χ1n) is 38.2. The van der Waals surface area contributed by atoms with Gasteiger partial charge in [-0.25, -0.2) is 66.9 Å². The molecule has 7 aromatic carbocycles. The Balaban J connectivity index is 0.000000178. The van der Waals surface area contributed by atoms with Crippen molar-refractivity contribution >= 4 is 68.8 Å². The highest BCUT2D eigenvalue weighted by molar-refractivity contribution is 9.08. The fourth-order valence-corrected chi connectivity index (χ4v) is 13.6. The molecule has 0 spiro atoms. The molecule has 5 heterocycles.